The van der Waals surface area contributed by atoms with Crippen LogP contribution in [0.25, 0.3) is 10.9 Å². The molecule has 84 valence electrons. The quantitative estimate of drug-likeness (QED) is 0.749. The minimum atomic E-state index is -0.0732. The number of hydrogen-bond donors (Lipinski definition) is 1. The van der Waals surface area contributed by atoms with E-state index in [1.165, 1.54) is 6.92 Å². The molecule has 0 aliphatic heterocycles. The van der Waals surface area contributed by atoms with Gasteiger partial charge in [-0.2, -0.15) is 0 Å². The third-order valence-electron chi connectivity index (χ3n) is 2.25. The van der Waals surface area contributed by atoms with Gasteiger partial charge in [0, 0.05) is 24.1 Å². The van der Waals surface area contributed by atoms with Crippen LogP contribution in [0.15, 0.2) is 36.5 Å². The zero-order valence-corrected chi connectivity index (χ0v) is 9.53. The average Bonchev–Trinajstić information content (AvgIpc) is 2.34. The number of carbonyl (C=O) groups excluding carboxylic acids is 1. The number of nitrogens with one attached hydrogen (secondary N) is 1. The van der Waals surface area contributed by atoms with Gasteiger partial charge in [0.25, 0.3) is 0 Å². The molecule has 0 aliphatic rings. The Labute approximate surface area is 99.9 Å². The summed E-state index contributed by atoms with van der Waals surface area (Å²) in [5, 5.41) is 3.69. The summed E-state index contributed by atoms with van der Waals surface area (Å²) in [7, 11) is 0. The van der Waals surface area contributed by atoms with Crippen molar-refractivity contribution in [3.05, 3.63) is 42.1 Å². The Morgan fingerprint density at radius 1 is 1.41 bits per heavy atom. The molecule has 2 rings (SSSR count). The lowest BCUT2D eigenvalue weighted by Crippen LogP contribution is -2.19. The van der Waals surface area contributed by atoms with Crippen molar-refractivity contribution in [2.24, 2.45) is 0 Å². The van der Waals surface area contributed by atoms with Gasteiger partial charge >= 0.3 is 0 Å². The number of nitrogens with zero attached hydrogens (tertiary/aromatic N) is 1. The first-order valence-corrected chi connectivity index (χ1v) is 5.34. The third kappa shape index (κ3) is 3.05. The van der Waals surface area contributed by atoms with E-state index in [0.29, 0.717) is 6.54 Å². The molecule has 0 bridgehead atoms. The van der Waals surface area contributed by atoms with Gasteiger partial charge in [0.1, 0.15) is 0 Å². The van der Waals surface area contributed by atoms with E-state index in [1.807, 2.05) is 30.3 Å². The maximum atomic E-state index is 10.6. The van der Waals surface area contributed by atoms with Gasteiger partial charge in [0.2, 0.25) is 5.91 Å². The number of hydrogen-bond acceptors (Lipinski definition) is 2. The SMILES string of the molecule is CC(=O)NCC#Cc1cnc2ccccc2c1. The van der Waals surface area contributed by atoms with Crippen molar-refractivity contribution in [2.45, 2.75) is 6.92 Å². The minimum absolute atomic E-state index is 0.0732. The Bertz CT molecular complexity index is 608. The van der Waals surface area contributed by atoms with E-state index in [1.54, 1.807) is 6.20 Å². The van der Waals surface area contributed by atoms with E-state index in [0.717, 1.165) is 16.5 Å². The van der Waals surface area contributed by atoms with Crippen LogP contribution in [0.4, 0.5) is 0 Å². The van der Waals surface area contributed by atoms with E-state index in [9.17, 15) is 4.79 Å². The van der Waals surface area contributed by atoms with E-state index < -0.39 is 0 Å². The number of rotatable bonds is 1. The molecule has 1 heterocycles. The molecular weight excluding hydrogens is 212 g/mol. The van der Waals surface area contributed by atoms with E-state index in [2.05, 4.69) is 22.1 Å². The van der Waals surface area contributed by atoms with Crippen molar-refractivity contribution in [1.29, 1.82) is 0 Å². The van der Waals surface area contributed by atoms with Crippen molar-refractivity contribution >= 4 is 16.8 Å². The molecule has 0 saturated carbocycles. The summed E-state index contributed by atoms with van der Waals surface area (Å²) in [6, 6.07) is 9.88. The van der Waals surface area contributed by atoms with Crippen LogP contribution >= 0.6 is 0 Å². The van der Waals surface area contributed by atoms with Gasteiger partial charge in [-0.25, -0.2) is 0 Å². The van der Waals surface area contributed by atoms with Crippen molar-refractivity contribution in [3.63, 3.8) is 0 Å². The molecule has 0 aliphatic carbocycles. The number of carbonyl (C=O) groups is 1. The molecule has 1 amide bonds. The summed E-state index contributed by atoms with van der Waals surface area (Å²) in [5.74, 6) is 5.77. The second-order valence-electron chi connectivity index (χ2n) is 3.63. The van der Waals surface area contributed by atoms with Gasteiger partial charge in [0.15, 0.2) is 0 Å². The topological polar surface area (TPSA) is 42.0 Å². The van der Waals surface area contributed by atoms with E-state index >= 15 is 0 Å². The molecule has 3 nitrogen and oxygen atoms in total. The number of amides is 1. The van der Waals surface area contributed by atoms with Gasteiger partial charge in [-0.05, 0) is 12.1 Å². The first-order valence-electron chi connectivity index (χ1n) is 5.34. The third-order valence-corrected chi connectivity index (χ3v) is 2.25. The van der Waals surface area contributed by atoms with Gasteiger partial charge < -0.3 is 5.32 Å². The van der Waals surface area contributed by atoms with Crippen molar-refractivity contribution in [1.82, 2.24) is 10.3 Å². The zero-order valence-electron chi connectivity index (χ0n) is 9.53. The summed E-state index contributed by atoms with van der Waals surface area (Å²) < 4.78 is 0. The monoisotopic (exact) mass is 224 g/mol. The Kier molecular flexibility index (Phi) is 3.37. The largest absolute Gasteiger partial charge is 0.345 e. The van der Waals surface area contributed by atoms with Crippen LogP contribution in [-0.2, 0) is 4.79 Å². The summed E-state index contributed by atoms with van der Waals surface area (Å²) in [6.45, 7) is 1.83. The molecule has 2 aromatic rings. The summed E-state index contributed by atoms with van der Waals surface area (Å²) in [4.78, 5) is 14.9. The van der Waals surface area contributed by atoms with Gasteiger partial charge in [-0.3, -0.25) is 9.78 Å². The van der Waals surface area contributed by atoms with Gasteiger partial charge in [0.05, 0.1) is 12.1 Å². The summed E-state index contributed by atoms with van der Waals surface area (Å²) >= 11 is 0. The molecule has 0 atom stereocenters. The Hall–Kier alpha value is -2.34. The number of fused-ring (bicyclic) bond motifs is 1. The molecule has 0 saturated heterocycles. The Balaban J connectivity index is 2.16. The lowest BCUT2D eigenvalue weighted by Gasteiger charge is -1.96. The number of benzene rings is 1. The van der Waals surface area contributed by atoms with Crippen LogP contribution in [-0.4, -0.2) is 17.4 Å². The van der Waals surface area contributed by atoms with Crippen LogP contribution in [0, 0.1) is 11.8 Å². The average molecular weight is 224 g/mol. The molecule has 1 aromatic carbocycles. The van der Waals surface area contributed by atoms with E-state index in [4.69, 9.17) is 0 Å². The molecule has 17 heavy (non-hydrogen) atoms. The molecule has 1 N–H and O–H groups in total. The first-order chi connectivity index (χ1) is 8.25. The highest BCUT2D eigenvalue weighted by molar-refractivity contribution is 5.79. The van der Waals surface area contributed by atoms with Crippen LogP contribution in [0.5, 0.6) is 0 Å². The minimum Gasteiger partial charge on any atom is -0.345 e. The number of pyridine rings is 1. The molecule has 0 spiro atoms. The maximum Gasteiger partial charge on any atom is 0.217 e. The zero-order chi connectivity index (χ0) is 12.1. The van der Waals surface area contributed by atoms with E-state index in [-0.39, 0.29) is 5.91 Å². The van der Waals surface area contributed by atoms with Gasteiger partial charge in [-0.15, -0.1) is 0 Å². The van der Waals surface area contributed by atoms with Gasteiger partial charge in [-0.1, -0.05) is 30.0 Å². The summed E-state index contributed by atoms with van der Waals surface area (Å²) in [5.41, 5.74) is 1.81. The fraction of sp³-hybridized carbons (Fsp3) is 0.143. The predicted molar refractivity (Wildman–Crippen MR) is 67.3 cm³/mol. The molecular formula is C14H12N2O. The Morgan fingerprint density at radius 3 is 3.06 bits per heavy atom. The summed E-state index contributed by atoms with van der Waals surface area (Å²) in [6.07, 6.45) is 1.74. The van der Waals surface area contributed by atoms with Crippen molar-refractivity contribution in [3.8, 4) is 11.8 Å². The van der Waals surface area contributed by atoms with Crippen LogP contribution < -0.4 is 5.32 Å². The lowest BCUT2D eigenvalue weighted by molar-refractivity contribution is -0.118. The number of aromatic nitrogens is 1. The normalized spacial score (nSPS) is 9.47. The van der Waals surface area contributed by atoms with Crippen LogP contribution in [0.3, 0.4) is 0 Å². The molecule has 3 heteroatoms. The molecule has 1 aromatic heterocycles. The molecule has 0 radical (unpaired) electrons. The molecule has 0 unspecified atom stereocenters. The second kappa shape index (κ2) is 5.13. The van der Waals surface area contributed by atoms with Crippen LogP contribution in [0.2, 0.25) is 0 Å². The molecule has 0 fully saturated rings. The maximum absolute atomic E-state index is 10.6. The van der Waals surface area contributed by atoms with Crippen LogP contribution in [0.1, 0.15) is 12.5 Å². The standard InChI is InChI=1S/C14H12N2O/c1-11(17)15-8-4-5-12-9-13-6-2-3-7-14(13)16-10-12/h2-3,6-7,9-10H,8H2,1H3,(H,15,17). The predicted octanol–water partition coefficient (Wildman–Crippen LogP) is 1.72. The highest BCUT2D eigenvalue weighted by Crippen LogP contribution is 2.11. The second-order valence-corrected chi connectivity index (χ2v) is 3.63. The number of para-hydroxylation sites is 1. The highest BCUT2D eigenvalue weighted by atomic mass is 16.1. The Morgan fingerprint density at radius 2 is 2.24 bits per heavy atom. The van der Waals surface area contributed by atoms with Crippen molar-refractivity contribution in [2.75, 3.05) is 6.54 Å². The highest BCUT2D eigenvalue weighted by Gasteiger charge is 1.93. The smallest absolute Gasteiger partial charge is 0.217 e. The fourth-order valence-electron chi connectivity index (χ4n) is 1.45. The fourth-order valence-corrected chi connectivity index (χ4v) is 1.45. The first kappa shape index (κ1) is 11.2. The lowest BCUT2D eigenvalue weighted by atomic mass is 10.2. The van der Waals surface area contributed by atoms with Crippen molar-refractivity contribution < 1.29 is 4.79 Å².